The monoisotopic (exact) mass is 689 g/mol. The van der Waals surface area contributed by atoms with Crippen molar-refractivity contribution in [3.05, 3.63) is 66.4 Å². The van der Waals surface area contributed by atoms with Crippen LogP contribution in [0.5, 0.6) is 11.6 Å². The van der Waals surface area contributed by atoms with Gasteiger partial charge in [0, 0.05) is 30.9 Å². The molecule has 1 aromatic carbocycles. The van der Waals surface area contributed by atoms with Gasteiger partial charge in [0.2, 0.25) is 11.8 Å². The van der Waals surface area contributed by atoms with Crippen molar-refractivity contribution in [2.75, 3.05) is 18.4 Å². The molecule has 3 atom stereocenters. The number of aromatic nitrogens is 9. The third-order valence-electron chi connectivity index (χ3n) is 8.81. The molecule has 1 N–H and O–H groups in total. The minimum atomic E-state index is -0.230. The van der Waals surface area contributed by atoms with Crippen LogP contribution in [0.15, 0.2) is 59.9 Å². The minimum absolute atomic E-state index is 0.138. The van der Waals surface area contributed by atoms with E-state index in [-0.39, 0.29) is 31.0 Å². The molecule has 2 fully saturated rings. The molecule has 16 heteroatoms. The molecule has 1 saturated heterocycles. The van der Waals surface area contributed by atoms with Gasteiger partial charge >= 0.3 is 0 Å². The maximum absolute atomic E-state index is 6.50. The van der Waals surface area contributed by atoms with Crippen molar-refractivity contribution in [3.63, 3.8) is 0 Å². The molecule has 5 aromatic rings. The molecule has 0 unspecified atom stereocenters. The van der Waals surface area contributed by atoms with E-state index in [1.54, 1.807) is 29.5 Å². The second kappa shape index (κ2) is 14.9. The summed E-state index contributed by atoms with van der Waals surface area (Å²) in [6.45, 7) is 8.83. The fourth-order valence-electron chi connectivity index (χ4n) is 6.65. The third-order valence-corrected chi connectivity index (χ3v) is 9.12. The van der Waals surface area contributed by atoms with Crippen molar-refractivity contribution in [1.82, 2.24) is 49.8 Å². The van der Waals surface area contributed by atoms with Gasteiger partial charge in [-0.1, -0.05) is 17.7 Å². The van der Waals surface area contributed by atoms with Gasteiger partial charge in [-0.05, 0) is 75.1 Å². The zero-order chi connectivity index (χ0) is 33.7. The predicted octanol–water partition coefficient (Wildman–Crippen LogP) is 5.35. The number of halogens is 1. The van der Waals surface area contributed by atoms with Crippen LogP contribution < -0.4 is 14.8 Å². The number of benzene rings is 1. The summed E-state index contributed by atoms with van der Waals surface area (Å²) in [6, 6.07) is 8.18. The molecule has 2 aliphatic rings. The van der Waals surface area contributed by atoms with Gasteiger partial charge in [-0.2, -0.15) is 0 Å². The molecule has 15 nitrogen and oxygen atoms in total. The topological polar surface area (TPSA) is 156 Å². The lowest BCUT2D eigenvalue weighted by Gasteiger charge is -2.42. The van der Waals surface area contributed by atoms with E-state index in [0.717, 1.165) is 44.3 Å². The zero-order valence-electron chi connectivity index (χ0n) is 27.7. The molecule has 1 saturated carbocycles. The maximum Gasteiger partial charge on any atom is 0.257 e. The normalized spacial score (nSPS) is 22.1. The van der Waals surface area contributed by atoms with Crippen LogP contribution >= 0.6 is 11.6 Å². The number of oxazole rings is 1. The molecule has 7 rings (SSSR count). The van der Waals surface area contributed by atoms with Crippen molar-refractivity contribution in [3.8, 4) is 22.9 Å². The van der Waals surface area contributed by atoms with Crippen molar-refractivity contribution in [1.29, 1.82) is 0 Å². The summed E-state index contributed by atoms with van der Waals surface area (Å²) in [5.74, 6) is 1.80. The highest BCUT2D eigenvalue weighted by Crippen LogP contribution is 2.36. The first-order valence-corrected chi connectivity index (χ1v) is 17.0. The average molecular weight is 690 g/mol. The largest absolute Gasteiger partial charge is 0.487 e. The number of rotatable bonds is 12. The van der Waals surface area contributed by atoms with Crippen LogP contribution in [-0.2, 0) is 17.9 Å². The van der Waals surface area contributed by atoms with Gasteiger partial charge in [0.15, 0.2) is 6.61 Å². The Kier molecular flexibility index (Phi) is 10.0. The Bertz CT molecular complexity index is 1780. The summed E-state index contributed by atoms with van der Waals surface area (Å²) < 4.78 is 27.2. The lowest BCUT2D eigenvalue weighted by atomic mass is 9.89. The smallest absolute Gasteiger partial charge is 0.257 e. The summed E-state index contributed by atoms with van der Waals surface area (Å²) >= 11 is 6.50. The number of tetrazole rings is 1. The number of anilines is 2. The Morgan fingerprint density at radius 3 is 2.61 bits per heavy atom. The van der Waals surface area contributed by atoms with E-state index in [2.05, 4.69) is 49.6 Å². The van der Waals surface area contributed by atoms with Gasteiger partial charge in [0.05, 0.1) is 47.9 Å². The van der Waals surface area contributed by atoms with Crippen molar-refractivity contribution >= 4 is 23.2 Å². The highest BCUT2D eigenvalue weighted by Gasteiger charge is 2.32. The quantitative estimate of drug-likeness (QED) is 0.179. The van der Waals surface area contributed by atoms with Crippen LogP contribution in [0.2, 0.25) is 5.02 Å². The number of nitrogens with one attached hydrogen (secondary N) is 1. The molecule has 0 bridgehead atoms. The fourth-order valence-corrected chi connectivity index (χ4v) is 6.81. The van der Waals surface area contributed by atoms with Crippen molar-refractivity contribution in [2.24, 2.45) is 0 Å². The molecule has 0 radical (unpaired) electrons. The highest BCUT2D eigenvalue weighted by atomic mass is 35.5. The zero-order valence-corrected chi connectivity index (χ0v) is 28.5. The Morgan fingerprint density at radius 1 is 1.04 bits per heavy atom. The lowest BCUT2D eigenvalue weighted by molar-refractivity contribution is -0.0852. The molecule has 0 spiro atoms. The number of morpholine rings is 1. The number of ether oxygens (including phenoxy) is 3. The van der Waals surface area contributed by atoms with Crippen LogP contribution in [0.25, 0.3) is 11.3 Å². The summed E-state index contributed by atoms with van der Waals surface area (Å²) in [5, 5.41) is 20.0. The van der Waals surface area contributed by atoms with Crippen molar-refractivity contribution in [2.45, 2.75) is 90.0 Å². The van der Waals surface area contributed by atoms with Gasteiger partial charge < -0.3 is 23.9 Å². The summed E-state index contributed by atoms with van der Waals surface area (Å²) in [6.07, 6.45) is 12.9. The van der Waals surface area contributed by atoms with Crippen LogP contribution in [0.4, 0.5) is 11.6 Å². The maximum atomic E-state index is 6.50. The number of hydrogen-bond donors (Lipinski definition) is 1. The van der Waals surface area contributed by atoms with E-state index in [1.165, 1.54) is 6.26 Å². The molecular weight excluding hydrogens is 650 g/mol. The predicted molar refractivity (Wildman–Crippen MR) is 180 cm³/mol. The second-order valence-corrected chi connectivity index (χ2v) is 13.1. The Labute approximate surface area is 288 Å². The van der Waals surface area contributed by atoms with Crippen LogP contribution in [0.3, 0.4) is 0 Å². The van der Waals surface area contributed by atoms with Gasteiger partial charge in [0.1, 0.15) is 30.1 Å². The van der Waals surface area contributed by atoms with E-state index >= 15 is 0 Å². The van der Waals surface area contributed by atoms with Crippen LogP contribution in [0, 0.1) is 0 Å². The van der Waals surface area contributed by atoms with Crippen LogP contribution in [-0.4, -0.2) is 87.3 Å². The number of nitrogens with zero attached hydrogens (tertiary/aromatic N) is 10. The van der Waals surface area contributed by atoms with E-state index in [0.29, 0.717) is 52.5 Å². The SMILES string of the molecule is C[C@@H]1CN(C2CCC(n3cc(Nc4nccc(-c5ccc(Cl)c(O[C@@H](C)Cn6cnnn6)c5)n4)c(OCc4ncco4)n3)CC2)C[C@H](C)O1. The molecule has 0 amide bonds. The second-order valence-electron chi connectivity index (χ2n) is 12.7. The first-order chi connectivity index (χ1) is 23.9. The molecular formula is C33H40ClN11O4. The first-order valence-electron chi connectivity index (χ1n) is 16.6. The highest BCUT2D eigenvalue weighted by molar-refractivity contribution is 6.32. The third kappa shape index (κ3) is 8.17. The molecule has 5 heterocycles. The number of hydrogen-bond acceptors (Lipinski definition) is 13. The van der Waals surface area contributed by atoms with E-state index < -0.39 is 0 Å². The lowest BCUT2D eigenvalue weighted by Crippen LogP contribution is -2.51. The minimum Gasteiger partial charge on any atom is -0.487 e. The Balaban J connectivity index is 1.06. The first kappa shape index (κ1) is 32.9. The summed E-state index contributed by atoms with van der Waals surface area (Å²) in [7, 11) is 0. The van der Waals surface area contributed by atoms with Gasteiger partial charge in [-0.25, -0.2) is 19.6 Å². The molecule has 49 heavy (non-hydrogen) atoms. The van der Waals surface area contributed by atoms with Crippen LogP contribution in [0.1, 0.15) is 58.4 Å². The Morgan fingerprint density at radius 2 is 1.86 bits per heavy atom. The fraction of sp³-hybridized carbons (Fsp3) is 0.485. The van der Waals surface area contributed by atoms with Gasteiger partial charge in [-0.15, -0.1) is 10.2 Å². The molecule has 258 valence electrons. The van der Waals surface area contributed by atoms with Gasteiger partial charge in [-0.3, -0.25) is 9.58 Å². The Hall–Kier alpha value is -4.60. The van der Waals surface area contributed by atoms with Gasteiger partial charge in [0.25, 0.3) is 5.88 Å². The average Bonchev–Trinajstić information content (AvgIpc) is 3.88. The molecule has 4 aromatic heterocycles. The van der Waals surface area contributed by atoms with Crippen molar-refractivity contribution < 1.29 is 18.6 Å². The van der Waals surface area contributed by atoms with E-state index in [4.69, 9.17) is 40.3 Å². The van der Waals surface area contributed by atoms with E-state index in [9.17, 15) is 0 Å². The van der Waals surface area contributed by atoms with E-state index in [1.807, 2.05) is 36.0 Å². The molecule has 1 aliphatic carbocycles. The summed E-state index contributed by atoms with van der Waals surface area (Å²) in [5.41, 5.74) is 2.15. The molecule has 1 aliphatic heterocycles. The standard InChI is InChI=1S/C33H40ClN11O4/c1-21-15-43(16-22(2)48-21)25-5-7-26(8-6-25)45-18-29(32(40-45)47-19-31-35-12-13-46-31)39-33-36-11-10-28(38-33)24-4-9-27(34)30(14-24)49-23(3)17-44-20-37-41-42-44/h4,9-14,18,20-23,25-26H,5-8,15-17,19H2,1-3H3,(H,36,38,39)/t21-,22+,23-,25?,26?/m0/s1. The summed E-state index contributed by atoms with van der Waals surface area (Å²) in [4.78, 5) is 16.1.